The van der Waals surface area contributed by atoms with Gasteiger partial charge in [-0.2, -0.15) is 5.10 Å². The zero-order valence-corrected chi connectivity index (χ0v) is 14.8. The number of benzene rings is 2. The predicted molar refractivity (Wildman–Crippen MR) is 96.7 cm³/mol. The summed E-state index contributed by atoms with van der Waals surface area (Å²) in [6.07, 6.45) is -0.0183. The maximum absolute atomic E-state index is 12.0. The molecule has 1 heterocycles. The number of hydrogen-bond acceptors (Lipinski definition) is 5. The number of nitrogens with zero attached hydrogens (tertiary/aromatic N) is 1. The third-order valence-electron chi connectivity index (χ3n) is 3.52. The maximum Gasteiger partial charge on any atom is 0.312 e. The lowest BCUT2D eigenvalue weighted by Crippen LogP contribution is -2.17. The molecule has 0 saturated heterocycles. The van der Waals surface area contributed by atoms with Crippen molar-refractivity contribution in [1.82, 2.24) is 10.2 Å². The molecule has 0 amide bonds. The van der Waals surface area contributed by atoms with Crippen LogP contribution in [0.25, 0.3) is 10.8 Å². The molecule has 0 saturated carbocycles. The minimum Gasteiger partial charge on any atom is -0.490 e. The van der Waals surface area contributed by atoms with Crippen molar-refractivity contribution < 1.29 is 14.3 Å². The fraction of sp³-hybridized carbons (Fsp3) is 0.167. The van der Waals surface area contributed by atoms with Crippen LogP contribution < -0.4 is 10.3 Å². The van der Waals surface area contributed by atoms with Gasteiger partial charge in [-0.1, -0.05) is 34.1 Å². The molecule has 0 radical (unpaired) electrons. The first-order chi connectivity index (χ1) is 12.1. The van der Waals surface area contributed by atoms with Gasteiger partial charge < -0.3 is 9.47 Å². The van der Waals surface area contributed by atoms with E-state index in [1.165, 1.54) is 0 Å². The highest BCUT2D eigenvalue weighted by Gasteiger charge is 2.11. The number of fused-ring (bicyclic) bond motifs is 1. The first kappa shape index (κ1) is 17.2. The van der Waals surface area contributed by atoms with Gasteiger partial charge in [0, 0.05) is 9.86 Å². The second kappa shape index (κ2) is 7.94. The third-order valence-corrected chi connectivity index (χ3v) is 4.04. The number of rotatable bonds is 6. The van der Waals surface area contributed by atoms with Crippen LogP contribution in [0, 0.1) is 0 Å². The summed E-state index contributed by atoms with van der Waals surface area (Å²) in [7, 11) is 0. The molecule has 1 aromatic heterocycles. The van der Waals surface area contributed by atoms with Crippen molar-refractivity contribution in [2.75, 3.05) is 13.2 Å². The summed E-state index contributed by atoms with van der Waals surface area (Å²) in [6.45, 7) is 0.392. The zero-order valence-electron chi connectivity index (χ0n) is 13.2. The summed E-state index contributed by atoms with van der Waals surface area (Å²) in [5.74, 6) is 0.275. The zero-order chi connectivity index (χ0) is 17.6. The van der Waals surface area contributed by atoms with E-state index in [1.807, 2.05) is 24.3 Å². The molecule has 6 nitrogen and oxygen atoms in total. The lowest BCUT2D eigenvalue weighted by molar-refractivity contribution is -0.143. The number of ether oxygens (including phenoxy) is 2. The topological polar surface area (TPSA) is 81.3 Å². The van der Waals surface area contributed by atoms with Crippen LogP contribution in [-0.2, 0) is 16.0 Å². The van der Waals surface area contributed by atoms with Gasteiger partial charge in [-0.15, -0.1) is 0 Å². The number of hydrogen-bond donors (Lipinski definition) is 1. The second-order valence-electron chi connectivity index (χ2n) is 5.24. The number of nitrogens with one attached hydrogen (secondary N) is 1. The van der Waals surface area contributed by atoms with Crippen LogP contribution in [0.15, 0.2) is 57.8 Å². The van der Waals surface area contributed by atoms with E-state index in [9.17, 15) is 9.59 Å². The summed E-state index contributed by atoms with van der Waals surface area (Å²) < 4.78 is 11.6. The first-order valence-electron chi connectivity index (χ1n) is 7.64. The molecule has 0 spiro atoms. The van der Waals surface area contributed by atoms with E-state index in [-0.39, 0.29) is 25.2 Å². The third kappa shape index (κ3) is 4.45. The van der Waals surface area contributed by atoms with Gasteiger partial charge in [0.1, 0.15) is 19.0 Å². The summed E-state index contributed by atoms with van der Waals surface area (Å²) in [5.41, 5.74) is 0.199. The Morgan fingerprint density at radius 1 is 1.04 bits per heavy atom. The average molecular weight is 403 g/mol. The molecule has 0 bridgehead atoms. The van der Waals surface area contributed by atoms with Gasteiger partial charge in [0.05, 0.1) is 17.5 Å². The normalized spacial score (nSPS) is 10.6. The van der Waals surface area contributed by atoms with Crippen LogP contribution in [-0.4, -0.2) is 29.4 Å². The molecular formula is C18H15BrN2O4. The molecule has 7 heteroatoms. The number of esters is 1. The molecule has 0 aliphatic heterocycles. The highest BCUT2D eigenvalue weighted by molar-refractivity contribution is 9.10. The van der Waals surface area contributed by atoms with Crippen LogP contribution in [0.5, 0.6) is 5.75 Å². The van der Waals surface area contributed by atoms with Crippen molar-refractivity contribution in [3.05, 3.63) is 69.1 Å². The predicted octanol–water partition coefficient (Wildman–Crippen LogP) is 2.85. The van der Waals surface area contributed by atoms with Gasteiger partial charge >= 0.3 is 5.97 Å². The van der Waals surface area contributed by atoms with Crippen LogP contribution in [0.3, 0.4) is 0 Å². The number of halogens is 1. The van der Waals surface area contributed by atoms with Gasteiger partial charge in [0.2, 0.25) is 0 Å². The van der Waals surface area contributed by atoms with Gasteiger partial charge in [0.15, 0.2) is 0 Å². The molecule has 0 aliphatic rings. The van der Waals surface area contributed by atoms with Gasteiger partial charge in [-0.05, 0) is 30.3 Å². The number of carbonyl (C=O) groups excluding carboxylic acids is 1. The molecule has 0 atom stereocenters. The van der Waals surface area contributed by atoms with E-state index in [0.717, 1.165) is 4.47 Å². The Balaban J connectivity index is 1.54. The Bertz CT molecular complexity index is 938. The minimum absolute atomic E-state index is 0.0183. The van der Waals surface area contributed by atoms with Crippen molar-refractivity contribution >= 4 is 32.7 Å². The van der Waals surface area contributed by atoms with Crippen LogP contribution in [0.2, 0.25) is 0 Å². The molecule has 0 fully saturated rings. The molecule has 2 aromatic carbocycles. The van der Waals surface area contributed by atoms with Crippen molar-refractivity contribution in [3.63, 3.8) is 0 Å². The van der Waals surface area contributed by atoms with E-state index in [0.29, 0.717) is 22.2 Å². The summed E-state index contributed by atoms with van der Waals surface area (Å²) in [5, 5.41) is 7.50. The SMILES string of the molecule is O=C(Cc1n[nH]c(=O)c2ccccc12)OCCOc1ccc(Br)cc1. The van der Waals surface area contributed by atoms with Crippen LogP contribution in [0.1, 0.15) is 5.69 Å². The van der Waals surface area contributed by atoms with Crippen molar-refractivity contribution in [2.45, 2.75) is 6.42 Å². The van der Waals surface area contributed by atoms with E-state index in [2.05, 4.69) is 26.1 Å². The number of aromatic amines is 1. The maximum atomic E-state index is 12.0. The van der Waals surface area contributed by atoms with Crippen molar-refractivity contribution in [2.24, 2.45) is 0 Å². The molecule has 25 heavy (non-hydrogen) atoms. The van der Waals surface area contributed by atoms with Crippen molar-refractivity contribution in [3.8, 4) is 5.75 Å². The van der Waals surface area contributed by atoms with Crippen LogP contribution in [0.4, 0.5) is 0 Å². The lowest BCUT2D eigenvalue weighted by Gasteiger charge is -2.08. The standard InChI is InChI=1S/C18H15BrN2O4/c19-12-5-7-13(8-6-12)24-9-10-25-17(22)11-16-14-3-1-2-4-15(14)18(23)21-20-16/h1-8H,9-11H2,(H,21,23). The quantitative estimate of drug-likeness (QED) is 0.506. The first-order valence-corrected chi connectivity index (χ1v) is 8.43. The van der Waals surface area contributed by atoms with E-state index in [1.54, 1.807) is 24.3 Å². The number of H-pyrrole nitrogens is 1. The molecule has 1 N–H and O–H groups in total. The smallest absolute Gasteiger partial charge is 0.312 e. The summed E-state index contributed by atoms with van der Waals surface area (Å²) in [6, 6.07) is 14.4. The number of carbonyl (C=O) groups is 1. The molecule has 128 valence electrons. The average Bonchev–Trinajstić information content (AvgIpc) is 2.63. The van der Waals surface area contributed by atoms with E-state index >= 15 is 0 Å². The fourth-order valence-corrected chi connectivity index (χ4v) is 2.60. The lowest BCUT2D eigenvalue weighted by atomic mass is 10.1. The summed E-state index contributed by atoms with van der Waals surface area (Å²) in [4.78, 5) is 23.7. The second-order valence-corrected chi connectivity index (χ2v) is 6.16. The molecule has 3 aromatic rings. The molecule has 0 aliphatic carbocycles. The minimum atomic E-state index is -0.427. The Morgan fingerprint density at radius 3 is 2.52 bits per heavy atom. The highest BCUT2D eigenvalue weighted by atomic mass is 79.9. The summed E-state index contributed by atoms with van der Waals surface area (Å²) >= 11 is 3.35. The Labute approximate surface area is 151 Å². The monoisotopic (exact) mass is 402 g/mol. The van der Waals surface area contributed by atoms with E-state index < -0.39 is 5.97 Å². The fourth-order valence-electron chi connectivity index (χ4n) is 2.34. The largest absolute Gasteiger partial charge is 0.490 e. The van der Waals surface area contributed by atoms with Crippen LogP contribution >= 0.6 is 15.9 Å². The molecule has 3 rings (SSSR count). The Hall–Kier alpha value is -2.67. The Kier molecular flexibility index (Phi) is 5.45. The Morgan fingerprint density at radius 2 is 1.76 bits per heavy atom. The molecular weight excluding hydrogens is 388 g/mol. The van der Waals surface area contributed by atoms with Gasteiger partial charge in [-0.25, -0.2) is 5.10 Å². The van der Waals surface area contributed by atoms with Gasteiger partial charge in [0.25, 0.3) is 5.56 Å². The van der Waals surface area contributed by atoms with Gasteiger partial charge in [-0.3, -0.25) is 9.59 Å². The molecule has 0 unspecified atom stereocenters. The number of aromatic nitrogens is 2. The van der Waals surface area contributed by atoms with E-state index in [4.69, 9.17) is 9.47 Å². The highest BCUT2D eigenvalue weighted by Crippen LogP contribution is 2.16. The van der Waals surface area contributed by atoms with Crippen molar-refractivity contribution in [1.29, 1.82) is 0 Å².